The normalized spacial score (nSPS) is 19.8. The Morgan fingerprint density at radius 1 is 1.35 bits per heavy atom. The molecule has 2 aromatic rings. The summed E-state index contributed by atoms with van der Waals surface area (Å²) in [5.74, 6) is 0.801. The van der Waals surface area contributed by atoms with Crippen molar-refractivity contribution in [2.75, 3.05) is 19.7 Å². The Bertz CT molecular complexity index is 585. The number of aryl methyl sites for hydroxylation is 1. The maximum Gasteiger partial charge on any atom is 0.137 e. The molecule has 0 aliphatic carbocycles. The maximum atomic E-state index is 10.3. The quantitative estimate of drug-likeness (QED) is 0.838. The van der Waals surface area contributed by atoms with E-state index in [9.17, 15) is 5.11 Å². The summed E-state index contributed by atoms with van der Waals surface area (Å²) in [6.07, 6.45) is 5.10. The third-order valence-electron chi connectivity index (χ3n) is 4.27. The number of rotatable bonds is 7. The first-order chi connectivity index (χ1) is 11.2. The van der Waals surface area contributed by atoms with E-state index in [1.165, 1.54) is 5.56 Å². The number of likely N-dealkylation sites (tertiary alicyclic amines) is 1. The van der Waals surface area contributed by atoms with Gasteiger partial charge in [0.2, 0.25) is 0 Å². The average molecular weight is 316 g/mol. The van der Waals surface area contributed by atoms with Gasteiger partial charge in [-0.05, 0) is 38.4 Å². The lowest BCUT2D eigenvalue weighted by molar-refractivity contribution is 0.0609. The lowest BCUT2D eigenvalue weighted by Crippen LogP contribution is -2.40. The zero-order valence-corrected chi connectivity index (χ0v) is 13.5. The standard InChI is InChI=1S/C17H24N4O2/c1-14-4-6-17(7-5-14)23-11-16(22)10-20-8-2-3-15(20)9-21-13-18-12-19-21/h4-7,12-13,15-16,22H,2-3,8-11H2,1H3/t15-,16-/m1/s1. The molecule has 0 amide bonds. The Kier molecular flexibility index (Phi) is 5.25. The highest BCUT2D eigenvalue weighted by Crippen LogP contribution is 2.19. The predicted molar refractivity (Wildman–Crippen MR) is 87.3 cm³/mol. The van der Waals surface area contributed by atoms with Crippen LogP contribution in [0.25, 0.3) is 0 Å². The largest absolute Gasteiger partial charge is 0.491 e. The van der Waals surface area contributed by atoms with Crippen molar-refractivity contribution in [3.05, 3.63) is 42.5 Å². The van der Waals surface area contributed by atoms with Gasteiger partial charge in [0.1, 0.15) is 31.1 Å². The van der Waals surface area contributed by atoms with Crippen LogP contribution >= 0.6 is 0 Å². The monoisotopic (exact) mass is 316 g/mol. The minimum Gasteiger partial charge on any atom is -0.491 e. The van der Waals surface area contributed by atoms with Crippen molar-refractivity contribution in [2.45, 2.75) is 38.5 Å². The molecule has 0 saturated carbocycles. The summed E-state index contributed by atoms with van der Waals surface area (Å²) >= 11 is 0. The average Bonchev–Trinajstić information content (AvgIpc) is 3.20. The lowest BCUT2D eigenvalue weighted by atomic mass is 10.2. The van der Waals surface area contributed by atoms with Gasteiger partial charge < -0.3 is 9.84 Å². The molecule has 3 rings (SSSR count). The Morgan fingerprint density at radius 2 is 2.17 bits per heavy atom. The van der Waals surface area contributed by atoms with Crippen molar-refractivity contribution in [1.29, 1.82) is 0 Å². The molecular formula is C17H24N4O2. The number of aliphatic hydroxyl groups is 1. The van der Waals surface area contributed by atoms with Gasteiger partial charge in [-0.3, -0.25) is 9.58 Å². The Balaban J connectivity index is 1.46. The van der Waals surface area contributed by atoms with E-state index in [2.05, 4.69) is 15.0 Å². The molecule has 1 fully saturated rings. The van der Waals surface area contributed by atoms with Gasteiger partial charge in [0, 0.05) is 12.6 Å². The SMILES string of the molecule is Cc1ccc(OC[C@H](O)CN2CCC[C@@H]2Cn2cncn2)cc1. The van der Waals surface area contributed by atoms with Crippen molar-refractivity contribution < 1.29 is 9.84 Å². The van der Waals surface area contributed by atoms with E-state index < -0.39 is 6.10 Å². The number of β-amino-alcohol motifs (C(OH)–C–C–N with tert-alkyl or cyclic N) is 1. The van der Waals surface area contributed by atoms with E-state index in [0.717, 1.165) is 31.7 Å². The first kappa shape index (κ1) is 16.0. The van der Waals surface area contributed by atoms with Crippen molar-refractivity contribution in [2.24, 2.45) is 0 Å². The molecule has 0 unspecified atom stereocenters. The summed E-state index contributed by atoms with van der Waals surface area (Å²) in [6, 6.07) is 8.30. The van der Waals surface area contributed by atoms with Crippen LogP contribution in [0.2, 0.25) is 0 Å². The molecule has 1 N–H and O–H groups in total. The summed E-state index contributed by atoms with van der Waals surface area (Å²) in [5.41, 5.74) is 1.20. The highest BCUT2D eigenvalue weighted by molar-refractivity contribution is 5.26. The molecule has 1 saturated heterocycles. The number of aliphatic hydroxyl groups excluding tert-OH is 1. The smallest absolute Gasteiger partial charge is 0.137 e. The fourth-order valence-corrected chi connectivity index (χ4v) is 3.04. The Hall–Kier alpha value is -1.92. The maximum absolute atomic E-state index is 10.3. The molecule has 6 nitrogen and oxygen atoms in total. The molecule has 0 spiro atoms. The van der Waals surface area contributed by atoms with E-state index in [-0.39, 0.29) is 0 Å². The summed E-state index contributed by atoms with van der Waals surface area (Å²) in [4.78, 5) is 6.31. The van der Waals surface area contributed by atoms with Crippen molar-refractivity contribution in [1.82, 2.24) is 19.7 Å². The molecule has 124 valence electrons. The zero-order valence-electron chi connectivity index (χ0n) is 13.5. The molecule has 1 aromatic heterocycles. The van der Waals surface area contributed by atoms with Crippen LogP contribution in [0.5, 0.6) is 5.75 Å². The highest BCUT2D eigenvalue weighted by atomic mass is 16.5. The molecule has 1 aromatic carbocycles. The fourth-order valence-electron chi connectivity index (χ4n) is 3.04. The minimum atomic E-state index is -0.493. The van der Waals surface area contributed by atoms with Crippen LogP contribution in [0, 0.1) is 6.92 Å². The second kappa shape index (κ2) is 7.57. The van der Waals surface area contributed by atoms with Gasteiger partial charge in [-0.1, -0.05) is 17.7 Å². The number of aromatic nitrogens is 3. The van der Waals surface area contributed by atoms with Crippen LogP contribution in [0.15, 0.2) is 36.9 Å². The molecule has 2 heterocycles. The van der Waals surface area contributed by atoms with Crippen LogP contribution in [0.3, 0.4) is 0 Å². The van der Waals surface area contributed by atoms with Crippen molar-refractivity contribution in [3.63, 3.8) is 0 Å². The van der Waals surface area contributed by atoms with E-state index >= 15 is 0 Å². The van der Waals surface area contributed by atoms with E-state index in [0.29, 0.717) is 19.2 Å². The van der Waals surface area contributed by atoms with Gasteiger partial charge in [-0.15, -0.1) is 0 Å². The van der Waals surface area contributed by atoms with Gasteiger partial charge in [0.15, 0.2) is 0 Å². The van der Waals surface area contributed by atoms with Gasteiger partial charge in [0.25, 0.3) is 0 Å². The molecule has 0 radical (unpaired) electrons. The number of hydrogen-bond acceptors (Lipinski definition) is 5. The van der Waals surface area contributed by atoms with Gasteiger partial charge >= 0.3 is 0 Å². The lowest BCUT2D eigenvalue weighted by Gasteiger charge is -2.26. The number of benzene rings is 1. The van der Waals surface area contributed by atoms with Crippen LogP contribution in [0.1, 0.15) is 18.4 Å². The van der Waals surface area contributed by atoms with E-state index in [1.54, 1.807) is 12.7 Å². The van der Waals surface area contributed by atoms with Crippen LogP contribution in [-0.4, -0.2) is 56.6 Å². The summed E-state index contributed by atoms with van der Waals surface area (Å²) in [7, 11) is 0. The number of hydrogen-bond donors (Lipinski definition) is 1. The Morgan fingerprint density at radius 3 is 2.91 bits per heavy atom. The highest BCUT2D eigenvalue weighted by Gasteiger charge is 2.26. The molecule has 2 atom stereocenters. The van der Waals surface area contributed by atoms with Gasteiger partial charge in [0.05, 0.1) is 6.54 Å². The molecule has 23 heavy (non-hydrogen) atoms. The third kappa shape index (κ3) is 4.53. The second-order valence-electron chi connectivity index (χ2n) is 6.19. The fraction of sp³-hybridized carbons (Fsp3) is 0.529. The molecule has 6 heteroatoms. The van der Waals surface area contributed by atoms with Crippen LogP contribution in [0.4, 0.5) is 0 Å². The van der Waals surface area contributed by atoms with Crippen molar-refractivity contribution in [3.8, 4) is 5.75 Å². The van der Waals surface area contributed by atoms with Gasteiger partial charge in [-0.25, -0.2) is 4.98 Å². The Labute approximate surface area is 136 Å². The molecule has 0 bridgehead atoms. The summed E-state index contributed by atoms with van der Waals surface area (Å²) in [6.45, 7) is 4.83. The number of ether oxygens (including phenoxy) is 1. The van der Waals surface area contributed by atoms with Crippen molar-refractivity contribution >= 4 is 0 Å². The van der Waals surface area contributed by atoms with E-state index in [1.807, 2.05) is 35.9 Å². The molecule has 1 aliphatic heterocycles. The van der Waals surface area contributed by atoms with Crippen LogP contribution < -0.4 is 4.74 Å². The minimum absolute atomic E-state index is 0.315. The first-order valence-corrected chi connectivity index (χ1v) is 8.15. The zero-order chi connectivity index (χ0) is 16.1. The second-order valence-corrected chi connectivity index (χ2v) is 6.19. The molecular weight excluding hydrogens is 292 g/mol. The number of nitrogens with zero attached hydrogens (tertiary/aromatic N) is 4. The van der Waals surface area contributed by atoms with E-state index in [4.69, 9.17) is 4.74 Å². The first-order valence-electron chi connectivity index (χ1n) is 8.15. The van der Waals surface area contributed by atoms with Crippen LogP contribution in [-0.2, 0) is 6.54 Å². The predicted octanol–water partition coefficient (Wildman–Crippen LogP) is 1.49. The van der Waals surface area contributed by atoms with Gasteiger partial charge in [-0.2, -0.15) is 5.10 Å². The summed E-state index contributed by atoms with van der Waals surface area (Å²) in [5, 5.41) is 14.4. The third-order valence-corrected chi connectivity index (χ3v) is 4.27. The molecule has 1 aliphatic rings. The topological polar surface area (TPSA) is 63.4 Å². The summed E-state index contributed by atoms with van der Waals surface area (Å²) < 4.78 is 7.53.